The highest BCUT2D eigenvalue weighted by molar-refractivity contribution is 5.79. The van der Waals surface area contributed by atoms with Crippen LogP contribution in [0.2, 0.25) is 0 Å². The van der Waals surface area contributed by atoms with Crippen LogP contribution >= 0.6 is 0 Å². The van der Waals surface area contributed by atoms with E-state index in [1.165, 1.54) is 11.3 Å². The lowest BCUT2D eigenvalue weighted by molar-refractivity contribution is -0.121. The quantitative estimate of drug-likeness (QED) is 0.857. The van der Waals surface area contributed by atoms with Crippen molar-refractivity contribution in [1.29, 1.82) is 0 Å². The molecule has 1 aliphatic carbocycles. The van der Waals surface area contributed by atoms with Gasteiger partial charge in [0.05, 0.1) is 0 Å². The van der Waals surface area contributed by atoms with Crippen LogP contribution in [0.1, 0.15) is 38.2 Å². The fraction of sp³-hybridized carbons (Fsp3) is 0.533. The summed E-state index contributed by atoms with van der Waals surface area (Å²) in [6.07, 6.45) is 1.70. The van der Waals surface area contributed by atoms with Crippen molar-refractivity contribution >= 4 is 11.6 Å². The van der Waals surface area contributed by atoms with Gasteiger partial charge in [0.2, 0.25) is 5.91 Å². The van der Waals surface area contributed by atoms with E-state index in [1.807, 2.05) is 12.1 Å². The highest BCUT2D eigenvalue weighted by atomic mass is 16.1. The predicted octanol–water partition coefficient (Wildman–Crippen LogP) is 2.50. The first-order valence-electron chi connectivity index (χ1n) is 6.68. The Balaban J connectivity index is 1.60. The van der Waals surface area contributed by atoms with Crippen molar-refractivity contribution in [3.63, 3.8) is 0 Å². The summed E-state index contributed by atoms with van der Waals surface area (Å²) in [5.74, 6) is 0.511. The summed E-state index contributed by atoms with van der Waals surface area (Å²) < 4.78 is 0. The van der Waals surface area contributed by atoms with Gasteiger partial charge in [-0.15, -0.1) is 0 Å². The predicted molar refractivity (Wildman–Crippen MR) is 72.6 cm³/mol. The summed E-state index contributed by atoms with van der Waals surface area (Å²) in [4.78, 5) is 12.0. The van der Waals surface area contributed by atoms with Crippen LogP contribution < -0.4 is 10.6 Å². The van der Waals surface area contributed by atoms with Crippen molar-refractivity contribution in [2.24, 2.45) is 5.41 Å². The minimum Gasteiger partial charge on any atom is -0.384 e. The molecule has 1 aliphatic heterocycles. The van der Waals surface area contributed by atoms with Crippen molar-refractivity contribution < 1.29 is 4.79 Å². The Morgan fingerprint density at radius 3 is 2.89 bits per heavy atom. The van der Waals surface area contributed by atoms with Gasteiger partial charge in [0.25, 0.3) is 0 Å². The van der Waals surface area contributed by atoms with E-state index in [-0.39, 0.29) is 5.91 Å². The molecule has 1 saturated carbocycles. The second kappa shape index (κ2) is 4.01. The molecule has 1 aromatic carbocycles. The van der Waals surface area contributed by atoms with Crippen LogP contribution in [-0.2, 0) is 4.79 Å². The number of hydrogen-bond acceptors (Lipinski definition) is 2. The maximum Gasteiger partial charge on any atom is 0.220 e. The van der Waals surface area contributed by atoms with Gasteiger partial charge in [0.1, 0.15) is 0 Å². The summed E-state index contributed by atoms with van der Waals surface area (Å²) >= 11 is 0. The molecule has 0 saturated heterocycles. The summed E-state index contributed by atoms with van der Waals surface area (Å²) in [5, 5.41) is 6.50. The van der Waals surface area contributed by atoms with Gasteiger partial charge in [-0.05, 0) is 23.5 Å². The second-order valence-corrected chi connectivity index (χ2v) is 6.18. The molecule has 2 unspecified atom stereocenters. The molecule has 2 aliphatic rings. The molecule has 1 heterocycles. The fourth-order valence-corrected chi connectivity index (χ4v) is 2.73. The molecule has 1 aromatic rings. The van der Waals surface area contributed by atoms with E-state index in [4.69, 9.17) is 0 Å². The number of rotatable bonds is 3. The molecular weight excluding hydrogens is 224 g/mol. The topological polar surface area (TPSA) is 41.1 Å². The molecule has 1 fully saturated rings. The minimum atomic E-state index is 0.189. The number of hydrogen-bond donors (Lipinski definition) is 2. The zero-order valence-electron chi connectivity index (χ0n) is 11.0. The lowest BCUT2D eigenvalue weighted by atomic mass is 9.97. The Hall–Kier alpha value is -1.51. The van der Waals surface area contributed by atoms with Gasteiger partial charge in [0.15, 0.2) is 0 Å². The van der Waals surface area contributed by atoms with E-state index in [9.17, 15) is 4.79 Å². The third-order valence-electron chi connectivity index (χ3n) is 4.22. The van der Waals surface area contributed by atoms with Crippen LogP contribution in [-0.4, -0.2) is 18.5 Å². The number of carbonyl (C=O) groups excluding carboxylic acids is 1. The average molecular weight is 244 g/mol. The van der Waals surface area contributed by atoms with Crippen LogP contribution in [0.5, 0.6) is 0 Å². The van der Waals surface area contributed by atoms with E-state index < -0.39 is 0 Å². The molecule has 2 atom stereocenters. The van der Waals surface area contributed by atoms with Crippen molar-refractivity contribution in [3.8, 4) is 0 Å². The van der Waals surface area contributed by atoms with Gasteiger partial charge in [0, 0.05) is 30.6 Å². The molecule has 0 bridgehead atoms. The van der Waals surface area contributed by atoms with Gasteiger partial charge in [-0.1, -0.05) is 32.0 Å². The Kier molecular flexibility index (Phi) is 2.58. The highest BCUT2D eigenvalue weighted by Gasteiger charge is 2.46. The van der Waals surface area contributed by atoms with E-state index in [0.717, 1.165) is 13.0 Å². The van der Waals surface area contributed by atoms with Gasteiger partial charge >= 0.3 is 0 Å². The average Bonchev–Trinajstić information content (AvgIpc) is 2.73. The van der Waals surface area contributed by atoms with Gasteiger partial charge < -0.3 is 10.6 Å². The first kappa shape index (κ1) is 11.6. The van der Waals surface area contributed by atoms with Crippen molar-refractivity contribution in [2.75, 3.05) is 11.9 Å². The number of para-hydroxylation sites is 1. The third-order valence-corrected chi connectivity index (χ3v) is 4.22. The Labute approximate surface area is 108 Å². The second-order valence-electron chi connectivity index (χ2n) is 6.18. The Bertz CT molecular complexity index is 481. The Morgan fingerprint density at radius 1 is 1.44 bits per heavy atom. The fourth-order valence-electron chi connectivity index (χ4n) is 2.73. The molecule has 2 N–H and O–H groups in total. The van der Waals surface area contributed by atoms with Crippen molar-refractivity contribution in [3.05, 3.63) is 29.8 Å². The summed E-state index contributed by atoms with van der Waals surface area (Å²) in [5.41, 5.74) is 2.77. The van der Waals surface area contributed by atoms with Crippen LogP contribution in [0.15, 0.2) is 24.3 Å². The van der Waals surface area contributed by atoms with Crippen molar-refractivity contribution in [2.45, 2.75) is 38.6 Å². The van der Waals surface area contributed by atoms with E-state index in [1.54, 1.807) is 0 Å². The SMILES string of the molecule is CC1(C)CC1NC(=O)CC1CNc2ccccc21. The van der Waals surface area contributed by atoms with E-state index in [2.05, 4.69) is 36.6 Å². The maximum absolute atomic E-state index is 12.0. The lowest BCUT2D eigenvalue weighted by Gasteiger charge is -2.11. The summed E-state index contributed by atoms with van der Waals surface area (Å²) in [6.45, 7) is 5.27. The highest BCUT2D eigenvalue weighted by Crippen LogP contribution is 2.44. The normalized spacial score (nSPS) is 27.2. The third kappa shape index (κ3) is 2.09. The van der Waals surface area contributed by atoms with Gasteiger partial charge in [-0.25, -0.2) is 0 Å². The maximum atomic E-state index is 12.0. The number of carbonyl (C=O) groups is 1. The molecule has 3 nitrogen and oxygen atoms in total. The molecule has 3 heteroatoms. The zero-order chi connectivity index (χ0) is 12.8. The van der Waals surface area contributed by atoms with E-state index in [0.29, 0.717) is 23.8 Å². The number of anilines is 1. The first-order chi connectivity index (χ1) is 8.56. The van der Waals surface area contributed by atoms with Crippen LogP contribution in [0.3, 0.4) is 0 Å². The number of amides is 1. The van der Waals surface area contributed by atoms with Gasteiger partial charge in [-0.3, -0.25) is 4.79 Å². The molecule has 96 valence electrons. The monoisotopic (exact) mass is 244 g/mol. The molecule has 3 rings (SSSR count). The summed E-state index contributed by atoms with van der Waals surface area (Å²) in [6, 6.07) is 8.66. The van der Waals surface area contributed by atoms with Gasteiger partial charge in [-0.2, -0.15) is 0 Å². The number of fused-ring (bicyclic) bond motifs is 1. The zero-order valence-corrected chi connectivity index (χ0v) is 11.0. The standard InChI is InChI=1S/C15H20N2O/c1-15(2)8-13(15)17-14(18)7-10-9-16-12-6-4-3-5-11(10)12/h3-6,10,13,16H,7-9H2,1-2H3,(H,17,18). The number of benzene rings is 1. The molecule has 1 amide bonds. The van der Waals surface area contributed by atoms with E-state index >= 15 is 0 Å². The largest absolute Gasteiger partial charge is 0.384 e. The van der Waals surface area contributed by atoms with Crippen LogP contribution in [0.25, 0.3) is 0 Å². The molecule has 0 spiro atoms. The molecule has 0 aromatic heterocycles. The number of nitrogens with one attached hydrogen (secondary N) is 2. The Morgan fingerprint density at radius 2 is 2.17 bits per heavy atom. The minimum absolute atomic E-state index is 0.189. The lowest BCUT2D eigenvalue weighted by Crippen LogP contribution is -2.29. The van der Waals surface area contributed by atoms with Crippen molar-refractivity contribution in [1.82, 2.24) is 5.32 Å². The molecule has 0 radical (unpaired) electrons. The first-order valence-corrected chi connectivity index (χ1v) is 6.68. The summed E-state index contributed by atoms with van der Waals surface area (Å²) in [7, 11) is 0. The van der Waals surface area contributed by atoms with Crippen LogP contribution in [0, 0.1) is 5.41 Å². The molecular formula is C15H20N2O. The smallest absolute Gasteiger partial charge is 0.220 e. The molecule has 18 heavy (non-hydrogen) atoms. The van der Waals surface area contributed by atoms with Crippen LogP contribution in [0.4, 0.5) is 5.69 Å².